The highest BCUT2D eigenvalue weighted by molar-refractivity contribution is 7.92. The number of para-hydroxylation sites is 2. The summed E-state index contributed by atoms with van der Waals surface area (Å²) >= 11 is 0. The molecule has 0 saturated heterocycles. The van der Waals surface area contributed by atoms with E-state index in [4.69, 9.17) is 0 Å². The van der Waals surface area contributed by atoms with Crippen LogP contribution in [0.25, 0.3) is 16.7 Å². The molecule has 0 fully saturated rings. The van der Waals surface area contributed by atoms with E-state index < -0.39 is 10.0 Å². The van der Waals surface area contributed by atoms with Crippen molar-refractivity contribution in [2.45, 2.75) is 11.8 Å². The lowest BCUT2D eigenvalue weighted by atomic mass is 10.2. The van der Waals surface area contributed by atoms with Crippen LogP contribution in [0.4, 0.5) is 5.82 Å². The molecule has 2 aromatic carbocycles. The number of hydrogen-bond donors (Lipinski definition) is 1. The van der Waals surface area contributed by atoms with Crippen LogP contribution in [-0.2, 0) is 10.0 Å². The lowest BCUT2D eigenvalue weighted by Crippen LogP contribution is -2.15. The molecule has 0 spiro atoms. The van der Waals surface area contributed by atoms with E-state index in [0.29, 0.717) is 11.0 Å². The summed E-state index contributed by atoms with van der Waals surface area (Å²) in [6.07, 6.45) is 0. The van der Waals surface area contributed by atoms with E-state index in [-0.39, 0.29) is 16.4 Å². The lowest BCUT2D eigenvalue weighted by molar-refractivity contribution is 0.601. The summed E-state index contributed by atoms with van der Waals surface area (Å²) in [5, 5.41) is 11.4. The highest BCUT2D eigenvalue weighted by Crippen LogP contribution is 2.21. The Morgan fingerprint density at radius 2 is 1.79 bits per heavy atom. The van der Waals surface area contributed by atoms with Gasteiger partial charge in [0, 0.05) is 0 Å². The maximum absolute atomic E-state index is 12.6. The molecule has 9 heteroatoms. The zero-order chi connectivity index (χ0) is 16.7. The van der Waals surface area contributed by atoms with Crippen molar-refractivity contribution < 1.29 is 8.42 Å². The second-order valence-corrected chi connectivity index (χ2v) is 6.96. The van der Waals surface area contributed by atoms with Crippen LogP contribution in [0.15, 0.2) is 53.4 Å². The van der Waals surface area contributed by atoms with Crippen molar-refractivity contribution in [3.05, 3.63) is 54.1 Å². The Morgan fingerprint density at radius 3 is 2.58 bits per heavy atom. The number of aromatic nitrogens is 5. The van der Waals surface area contributed by atoms with Crippen LogP contribution in [0.5, 0.6) is 0 Å². The van der Waals surface area contributed by atoms with Crippen molar-refractivity contribution in [3.8, 4) is 0 Å². The molecule has 0 aliphatic heterocycles. The van der Waals surface area contributed by atoms with Crippen molar-refractivity contribution in [2.24, 2.45) is 0 Å². The van der Waals surface area contributed by atoms with E-state index >= 15 is 0 Å². The molecular weight excluding hydrogens is 328 g/mol. The molecule has 0 aliphatic rings. The number of rotatable bonds is 3. The van der Waals surface area contributed by atoms with Gasteiger partial charge in [-0.2, -0.15) is 4.52 Å². The molecule has 0 bridgehead atoms. The Morgan fingerprint density at radius 1 is 1.04 bits per heavy atom. The number of sulfonamides is 1. The van der Waals surface area contributed by atoms with Gasteiger partial charge >= 0.3 is 0 Å². The number of fused-ring (bicyclic) bond motifs is 3. The van der Waals surface area contributed by atoms with Gasteiger partial charge < -0.3 is 0 Å². The first-order valence-electron chi connectivity index (χ1n) is 7.11. The fourth-order valence-electron chi connectivity index (χ4n) is 2.38. The van der Waals surface area contributed by atoms with E-state index in [1.807, 2.05) is 25.1 Å². The largest absolute Gasteiger partial charge is 0.263 e. The second kappa shape index (κ2) is 5.24. The van der Waals surface area contributed by atoms with Gasteiger partial charge in [-0.15, -0.1) is 5.10 Å². The Hall–Kier alpha value is -3.07. The van der Waals surface area contributed by atoms with Crippen LogP contribution < -0.4 is 4.72 Å². The molecule has 4 aromatic rings. The normalized spacial score (nSPS) is 11.9. The molecule has 0 amide bonds. The van der Waals surface area contributed by atoms with Crippen molar-refractivity contribution >= 4 is 32.5 Å². The van der Waals surface area contributed by atoms with Gasteiger partial charge in [0.2, 0.25) is 5.65 Å². The Bertz CT molecular complexity index is 1150. The van der Waals surface area contributed by atoms with Gasteiger partial charge in [-0.25, -0.2) is 13.4 Å². The number of benzene rings is 2. The average Bonchev–Trinajstić information content (AvgIpc) is 3.05. The topological polar surface area (TPSA) is 102 Å². The van der Waals surface area contributed by atoms with Crippen LogP contribution in [0.1, 0.15) is 5.56 Å². The molecule has 0 saturated carbocycles. The van der Waals surface area contributed by atoms with Crippen molar-refractivity contribution in [3.63, 3.8) is 0 Å². The number of tetrazole rings is 1. The fourth-order valence-corrected chi connectivity index (χ4v) is 3.38. The third-order valence-corrected chi connectivity index (χ3v) is 4.94. The predicted octanol–water partition coefficient (Wildman–Crippen LogP) is 1.78. The standard InChI is InChI=1S/C15H12N6O2S/c1-10-6-8-11(9-7-10)24(22,23)18-14-15-17-19-20-21(15)13-5-3-2-4-12(13)16-14/h2-9H,1H3,(H,16,18). The molecule has 1 N–H and O–H groups in total. The fraction of sp³-hybridized carbons (Fsp3) is 0.0667. The van der Waals surface area contributed by atoms with Crippen molar-refractivity contribution in [1.29, 1.82) is 0 Å². The van der Waals surface area contributed by atoms with Crippen molar-refractivity contribution in [1.82, 2.24) is 25.0 Å². The van der Waals surface area contributed by atoms with Gasteiger partial charge in [0.05, 0.1) is 15.9 Å². The minimum Gasteiger partial charge on any atom is -0.260 e. The van der Waals surface area contributed by atoms with Gasteiger partial charge in [-0.05, 0) is 41.6 Å². The van der Waals surface area contributed by atoms with E-state index in [1.54, 1.807) is 18.2 Å². The first-order valence-corrected chi connectivity index (χ1v) is 8.59. The summed E-state index contributed by atoms with van der Waals surface area (Å²) < 4.78 is 29.1. The van der Waals surface area contributed by atoms with Gasteiger partial charge in [0.15, 0.2) is 5.82 Å². The smallest absolute Gasteiger partial charge is 0.260 e. The number of aryl methyl sites for hydroxylation is 1. The summed E-state index contributed by atoms with van der Waals surface area (Å²) in [7, 11) is -3.79. The van der Waals surface area contributed by atoms with Gasteiger partial charge in [-0.3, -0.25) is 4.72 Å². The summed E-state index contributed by atoms with van der Waals surface area (Å²) in [5.41, 5.74) is 2.49. The maximum Gasteiger partial charge on any atom is 0.263 e. The van der Waals surface area contributed by atoms with Crippen molar-refractivity contribution in [2.75, 3.05) is 4.72 Å². The van der Waals surface area contributed by atoms with E-state index in [9.17, 15) is 8.42 Å². The van der Waals surface area contributed by atoms with Gasteiger partial charge in [0.25, 0.3) is 10.0 Å². The van der Waals surface area contributed by atoms with E-state index in [0.717, 1.165) is 5.56 Å². The Labute approximate surface area is 137 Å². The molecule has 0 radical (unpaired) electrons. The molecule has 8 nitrogen and oxygen atoms in total. The predicted molar refractivity (Wildman–Crippen MR) is 88.1 cm³/mol. The highest BCUT2D eigenvalue weighted by Gasteiger charge is 2.19. The number of hydrogen-bond acceptors (Lipinski definition) is 6. The summed E-state index contributed by atoms with van der Waals surface area (Å²) in [6, 6.07) is 13.8. The Balaban J connectivity index is 1.86. The minimum absolute atomic E-state index is 0.0827. The van der Waals surface area contributed by atoms with Crippen LogP contribution >= 0.6 is 0 Å². The molecule has 2 aromatic heterocycles. The first-order chi connectivity index (χ1) is 11.5. The molecule has 2 heterocycles. The van der Waals surface area contributed by atoms with Gasteiger partial charge in [0.1, 0.15) is 0 Å². The molecule has 24 heavy (non-hydrogen) atoms. The summed E-state index contributed by atoms with van der Waals surface area (Å²) in [4.78, 5) is 4.50. The summed E-state index contributed by atoms with van der Waals surface area (Å²) in [6.45, 7) is 1.89. The molecule has 0 unspecified atom stereocenters. The van der Waals surface area contributed by atoms with Crippen LogP contribution in [0.2, 0.25) is 0 Å². The van der Waals surface area contributed by atoms with Crippen LogP contribution in [0, 0.1) is 6.92 Å². The quantitative estimate of drug-likeness (QED) is 0.610. The average molecular weight is 340 g/mol. The van der Waals surface area contributed by atoms with Crippen LogP contribution in [-0.4, -0.2) is 33.4 Å². The number of nitrogens with one attached hydrogen (secondary N) is 1. The summed E-state index contributed by atoms with van der Waals surface area (Å²) in [5.74, 6) is 0.0827. The molecule has 0 aliphatic carbocycles. The van der Waals surface area contributed by atoms with E-state index in [1.165, 1.54) is 16.6 Å². The highest BCUT2D eigenvalue weighted by atomic mass is 32.2. The van der Waals surface area contributed by atoms with Gasteiger partial charge in [-0.1, -0.05) is 29.8 Å². The molecular formula is C15H12N6O2S. The maximum atomic E-state index is 12.6. The molecule has 120 valence electrons. The monoisotopic (exact) mass is 340 g/mol. The third-order valence-electron chi connectivity index (χ3n) is 3.59. The second-order valence-electron chi connectivity index (χ2n) is 5.28. The van der Waals surface area contributed by atoms with Crippen LogP contribution in [0.3, 0.4) is 0 Å². The Kier molecular flexibility index (Phi) is 3.17. The number of nitrogens with zero attached hydrogens (tertiary/aromatic N) is 5. The number of anilines is 1. The SMILES string of the molecule is Cc1ccc(S(=O)(=O)Nc2nc3ccccc3n3nnnc23)cc1. The molecule has 4 rings (SSSR count). The zero-order valence-electron chi connectivity index (χ0n) is 12.6. The van der Waals surface area contributed by atoms with E-state index in [2.05, 4.69) is 25.2 Å². The minimum atomic E-state index is -3.79. The zero-order valence-corrected chi connectivity index (χ0v) is 13.4. The molecule has 0 atom stereocenters. The third kappa shape index (κ3) is 2.35. The first kappa shape index (κ1) is 14.5. The lowest BCUT2D eigenvalue weighted by Gasteiger charge is -2.09.